The van der Waals surface area contributed by atoms with E-state index in [9.17, 15) is 9.59 Å². The van der Waals surface area contributed by atoms with Crippen molar-refractivity contribution >= 4 is 44.1 Å². The summed E-state index contributed by atoms with van der Waals surface area (Å²) >= 11 is 4.35. The first-order valence-electron chi connectivity index (χ1n) is 5.14. The summed E-state index contributed by atoms with van der Waals surface area (Å²) < 4.78 is 0. The molecule has 17 heavy (non-hydrogen) atoms. The summed E-state index contributed by atoms with van der Waals surface area (Å²) in [6.07, 6.45) is 0.741. The maximum absolute atomic E-state index is 11.2. The lowest BCUT2D eigenvalue weighted by Crippen LogP contribution is -2.20. The fourth-order valence-corrected chi connectivity index (χ4v) is 2.58. The van der Waals surface area contributed by atoms with E-state index in [2.05, 4.69) is 26.6 Å². The lowest BCUT2D eigenvalue weighted by Gasteiger charge is -2.17. The summed E-state index contributed by atoms with van der Waals surface area (Å²) in [5.41, 5.74) is 1.96. The maximum Gasteiger partial charge on any atom is 0.287 e. The van der Waals surface area contributed by atoms with Gasteiger partial charge in [-0.25, -0.2) is 0 Å². The Bertz CT molecular complexity index is 465. The van der Waals surface area contributed by atoms with Crippen LogP contribution in [-0.2, 0) is 11.2 Å². The molecule has 0 spiro atoms. The zero-order valence-corrected chi connectivity index (χ0v) is 11.4. The van der Waals surface area contributed by atoms with Gasteiger partial charge in [0.05, 0.1) is 11.4 Å². The number of nitrogens with one attached hydrogen (secondary N) is 2. The number of anilines is 1. The third-order valence-electron chi connectivity index (χ3n) is 2.35. The van der Waals surface area contributed by atoms with E-state index in [1.807, 2.05) is 18.2 Å². The molecule has 0 saturated carbocycles. The van der Waals surface area contributed by atoms with Crippen molar-refractivity contribution in [2.75, 3.05) is 17.6 Å². The SMILES string of the molecule is O=C(Br)NCCc1ccc2c(c1)NC(=O)CS2. The van der Waals surface area contributed by atoms with E-state index < -0.39 is 0 Å². The number of amides is 2. The lowest BCUT2D eigenvalue weighted by atomic mass is 10.1. The van der Waals surface area contributed by atoms with E-state index in [1.165, 1.54) is 0 Å². The summed E-state index contributed by atoms with van der Waals surface area (Å²) in [4.78, 5) is 22.8. The van der Waals surface area contributed by atoms with Crippen molar-refractivity contribution in [1.82, 2.24) is 5.32 Å². The molecule has 0 aliphatic carbocycles. The molecule has 0 radical (unpaired) electrons. The first-order valence-corrected chi connectivity index (χ1v) is 6.92. The highest BCUT2D eigenvalue weighted by molar-refractivity contribution is 9.18. The van der Waals surface area contributed by atoms with Gasteiger partial charge in [-0.05, 0) is 24.1 Å². The molecule has 1 aromatic rings. The van der Waals surface area contributed by atoms with Crippen LogP contribution in [-0.4, -0.2) is 23.0 Å². The average molecular weight is 315 g/mol. The van der Waals surface area contributed by atoms with Crippen LogP contribution in [0.15, 0.2) is 23.1 Å². The molecule has 1 aliphatic rings. The molecule has 90 valence electrons. The van der Waals surface area contributed by atoms with Gasteiger partial charge in [0.1, 0.15) is 0 Å². The molecule has 2 rings (SSSR count). The van der Waals surface area contributed by atoms with Crippen LogP contribution in [0.5, 0.6) is 0 Å². The fraction of sp³-hybridized carbons (Fsp3) is 0.273. The minimum absolute atomic E-state index is 0.0356. The van der Waals surface area contributed by atoms with E-state index in [4.69, 9.17) is 0 Å². The molecule has 2 amide bonds. The predicted octanol–water partition coefficient (Wildman–Crippen LogP) is 2.38. The second-order valence-corrected chi connectivity index (χ2v) is 5.36. The monoisotopic (exact) mass is 314 g/mol. The lowest BCUT2D eigenvalue weighted by molar-refractivity contribution is -0.113. The van der Waals surface area contributed by atoms with Crippen molar-refractivity contribution in [3.05, 3.63) is 23.8 Å². The van der Waals surface area contributed by atoms with Gasteiger partial charge in [0.2, 0.25) is 5.91 Å². The summed E-state index contributed by atoms with van der Waals surface area (Å²) in [7, 11) is 0. The van der Waals surface area contributed by atoms with Crippen LogP contribution < -0.4 is 10.6 Å². The molecule has 0 aromatic heterocycles. The Balaban J connectivity index is 2.02. The Morgan fingerprint density at radius 1 is 1.53 bits per heavy atom. The van der Waals surface area contributed by atoms with Gasteiger partial charge in [0.25, 0.3) is 4.82 Å². The summed E-state index contributed by atoms with van der Waals surface area (Å²) in [5, 5.41) is 5.51. The Labute approximate surface area is 112 Å². The highest BCUT2D eigenvalue weighted by Crippen LogP contribution is 2.31. The minimum Gasteiger partial charge on any atom is -0.346 e. The molecule has 4 nitrogen and oxygen atoms in total. The summed E-state index contributed by atoms with van der Waals surface area (Å²) in [6.45, 7) is 0.573. The zero-order chi connectivity index (χ0) is 12.3. The smallest absolute Gasteiger partial charge is 0.287 e. The number of thioether (sulfide) groups is 1. The van der Waals surface area contributed by atoms with Gasteiger partial charge >= 0.3 is 0 Å². The Hall–Kier alpha value is -1.01. The van der Waals surface area contributed by atoms with E-state index in [0.29, 0.717) is 12.3 Å². The topological polar surface area (TPSA) is 58.2 Å². The van der Waals surface area contributed by atoms with Crippen molar-refractivity contribution < 1.29 is 9.59 Å². The Morgan fingerprint density at radius 3 is 3.12 bits per heavy atom. The third-order valence-corrected chi connectivity index (χ3v) is 3.71. The van der Waals surface area contributed by atoms with Gasteiger partial charge < -0.3 is 10.6 Å². The number of rotatable bonds is 3. The molecule has 0 bridgehead atoms. The van der Waals surface area contributed by atoms with Crippen LogP contribution in [0.25, 0.3) is 0 Å². The van der Waals surface area contributed by atoms with Crippen molar-refractivity contribution in [2.45, 2.75) is 11.3 Å². The second-order valence-electron chi connectivity index (χ2n) is 3.62. The Morgan fingerprint density at radius 2 is 2.35 bits per heavy atom. The van der Waals surface area contributed by atoms with Crippen molar-refractivity contribution in [3.8, 4) is 0 Å². The molecule has 1 aromatic carbocycles. The van der Waals surface area contributed by atoms with Gasteiger partial charge in [-0.3, -0.25) is 9.59 Å². The van der Waals surface area contributed by atoms with Gasteiger partial charge in [-0.15, -0.1) is 11.8 Å². The number of benzene rings is 1. The summed E-state index contributed by atoms with van der Waals surface area (Å²) in [5.74, 6) is 0.514. The van der Waals surface area contributed by atoms with Gasteiger partial charge in [0.15, 0.2) is 0 Å². The van der Waals surface area contributed by atoms with E-state index in [-0.39, 0.29) is 10.7 Å². The van der Waals surface area contributed by atoms with E-state index in [1.54, 1.807) is 11.8 Å². The van der Waals surface area contributed by atoms with Crippen LogP contribution in [0.4, 0.5) is 10.5 Å². The number of hydrogen-bond acceptors (Lipinski definition) is 3. The standard InChI is InChI=1S/C11H11BrN2O2S/c12-11(16)13-4-3-7-1-2-9-8(5-7)14-10(15)6-17-9/h1-2,5H,3-4,6H2,(H,13,16)(H,14,15). The zero-order valence-electron chi connectivity index (χ0n) is 8.96. The second kappa shape index (κ2) is 5.55. The number of hydrogen-bond donors (Lipinski definition) is 2. The van der Waals surface area contributed by atoms with Gasteiger partial charge in [-0.1, -0.05) is 6.07 Å². The number of fused-ring (bicyclic) bond motifs is 1. The van der Waals surface area contributed by atoms with Crippen LogP contribution in [0.2, 0.25) is 0 Å². The largest absolute Gasteiger partial charge is 0.346 e. The van der Waals surface area contributed by atoms with Crippen LogP contribution in [0.3, 0.4) is 0 Å². The Kier molecular flexibility index (Phi) is 4.06. The maximum atomic E-state index is 11.2. The van der Waals surface area contributed by atoms with Crippen LogP contribution >= 0.6 is 27.7 Å². The first kappa shape index (κ1) is 12.4. The van der Waals surface area contributed by atoms with E-state index >= 15 is 0 Å². The minimum atomic E-state index is -0.209. The first-order chi connectivity index (χ1) is 8.15. The van der Waals surface area contributed by atoms with Crippen molar-refractivity contribution in [1.29, 1.82) is 0 Å². The molecule has 6 heteroatoms. The quantitative estimate of drug-likeness (QED) is 0.665. The normalized spacial score (nSPS) is 13.8. The van der Waals surface area contributed by atoms with E-state index in [0.717, 1.165) is 22.6 Å². The molecule has 2 N–H and O–H groups in total. The molecule has 1 aliphatic heterocycles. The van der Waals surface area contributed by atoms with Crippen LogP contribution in [0, 0.1) is 0 Å². The van der Waals surface area contributed by atoms with Gasteiger partial charge in [-0.2, -0.15) is 0 Å². The van der Waals surface area contributed by atoms with Gasteiger partial charge in [0, 0.05) is 27.4 Å². The van der Waals surface area contributed by atoms with Crippen molar-refractivity contribution in [2.24, 2.45) is 0 Å². The number of carbonyl (C=O) groups excluding carboxylic acids is 2. The molecule has 0 saturated heterocycles. The molecule has 0 atom stereocenters. The molecular formula is C11H11BrN2O2S. The van der Waals surface area contributed by atoms with Crippen LogP contribution in [0.1, 0.15) is 5.56 Å². The van der Waals surface area contributed by atoms with Crippen molar-refractivity contribution in [3.63, 3.8) is 0 Å². The molecule has 1 heterocycles. The third kappa shape index (κ3) is 3.47. The average Bonchev–Trinajstić information content (AvgIpc) is 2.28. The number of carbonyl (C=O) groups is 2. The summed E-state index contributed by atoms with van der Waals surface area (Å²) in [6, 6.07) is 5.98. The number of halogens is 1. The highest BCUT2D eigenvalue weighted by atomic mass is 79.9. The molecule has 0 unspecified atom stereocenters. The molecular weight excluding hydrogens is 304 g/mol. The predicted molar refractivity (Wildman–Crippen MR) is 71.8 cm³/mol. The fourth-order valence-electron chi connectivity index (χ4n) is 1.59. The molecule has 0 fully saturated rings. The highest BCUT2D eigenvalue weighted by Gasteiger charge is 2.15.